The van der Waals surface area contributed by atoms with Crippen LogP contribution in [0.3, 0.4) is 0 Å². The van der Waals surface area contributed by atoms with Crippen molar-refractivity contribution in [3.05, 3.63) is 82.9 Å². The van der Waals surface area contributed by atoms with Crippen LogP contribution >= 0.6 is 11.6 Å². The highest BCUT2D eigenvalue weighted by molar-refractivity contribution is 6.30. The van der Waals surface area contributed by atoms with Gasteiger partial charge in [0.1, 0.15) is 5.52 Å². The van der Waals surface area contributed by atoms with Crippen LogP contribution in [0.25, 0.3) is 22.6 Å². The van der Waals surface area contributed by atoms with Crippen molar-refractivity contribution < 1.29 is 9.21 Å². The molecule has 4 rings (SSSR count). The van der Waals surface area contributed by atoms with Gasteiger partial charge in [-0.1, -0.05) is 37.6 Å². The van der Waals surface area contributed by atoms with Gasteiger partial charge in [-0.2, -0.15) is 0 Å². The molecule has 3 aromatic carbocycles. The normalized spacial score (nSPS) is 12.1. The summed E-state index contributed by atoms with van der Waals surface area (Å²) in [6.45, 7) is 4.38. The summed E-state index contributed by atoms with van der Waals surface area (Å²) in [7, 11) is 0. The Morgan fingerprint density at radius 3 is 2.66 bits per heavy atom. The highest BCUT2D eigenvalue weighted by Gasteiger charge is 2.12. The number of fused-ring (bicyclic) bond motifs is 1. The van der Waals surface area contributed by atoms with Crippen molar-refractivity contribution >= 4 is 34.3 Å². The van der Waals surface area contributed by atoms with Crippen LogP contribution in [0.15, 0.2) is 71.1 Å². The van der Waals surface area contributed by atoms with E-state index in [4.69, 9.17) is 16.0 Å². The SMILES string of the molecule is CCC(C)c1ccc2oc(-c3cccc(NC(=O)c4ccc(Cl)cc4)c3)nc2c1. The lowest BCUT2D eigenvalue weighted by atomic mass is 9.98. The molecule has 0 aliphatic heterocycles. The monoisotopic (exact) mass is 404 g/mol. The summed E-state index contributed by atoms with van der Waals surface area (Å²) in [6.07, 6.45) is 1.07. The molecule has 0 aliphatic carbocycles. The van der Waals surface area contributed by atoms with Gasteiger partial charge >= 0.3 is 0 Å². The van der Waals surface area contributed by atoms with Crippen LogP contribution in [0.4, 0.5) is 5.69 Å². The van der Waals surface area contributed by atoms with Crippen LogP contribution in [0.2, 0.25) is 5.02 Å². The number of anilines is 1. The van der Waals surface area contributed by atoms with Crippen molar-refractivity contribution in [2.75, 3.05) is 5.32 Å². The molecule has 0 radical (unpaired) electrons. The largest absolute Gasteiger partial charge is 0.436 e. The lowest BCUT2D eigenvalue weighted by molar-refractivity contribution is 0.102. The predicted octanol–water partition coefficient (Wildman–Crippen LogP) is 6.91. The number of carbonyl (C=O) groups is 1. The molecule has 1 aromatic heterocycles. The molecule has 0 aliphatic rings. The maximum atomic E-state index is 12.5. The molecular formula is C24H21ClN2O2. The van der Waals surface area contributed by atoms with Gasteiger partial charge in [-0.15, -0.1) is 0 Å². The summed E-state index contributed by atoms with van der Waals surface area (Å²) in [5, 5.41) is 3.50. The average molecular weight is 405 g/mol. The van der Waals surface area contributed by atoms with Crippen molar-refractivity contribution in [1.82, 2.24) is 4.98 Å². The number of nitrogens with one attached hydrogen (secondary N) is 1. The number of benzene rings is 3. The molecule has 0 fully saturated rings. The molecule has 0 saturated heterocycles. The minimum Gasteiger partial charge on any atom is -0.436 e. The fourth-order valence-corrected chi connectivity index (χ4v) is 3.27. The number of amides is 1. The van der Waals surface area contributed by atoms with E-state index >= 15 is 0 Å². The number of rotatable bonds is 5. The Hall–Kier alpha value is -3.11. The number of carbonyl (C=O) groups excluding carboxylic acids is 1. The maximum Gasteiger partial charge on any atom is 0.255 e. The number of nitrogens with zero attached hydrogens (tertiary/aromatic N) is 1. The highest BCUT2D eigenvalue weighted by Crippen LogP contribution is 2.29. The van der Waals surface area contributed by atoms with E-state index in [-0.39, 0.29) is 5.91 Å². The fraction of sp³-hybridized carbons (Fsp3) is 0.167. The molecule has 5 heteroatoms. The van der Waals surface area contributed by atoms with E-state index in [1.165, 1.54) is 5.56 Å². The summed E-state index contributed by atoms with van der Waals surface area (Å²) < 4.78 is 5.94. The number of aromatic nitrogens is 1. The first-order chi connectivity index (χ1) is 14.0. The van der Waals surface area contributed by atoms with E-state index < -0.39 is 0 Å². The molecule has 146 valence electrons. The zero-order chi connectivity index (χ0) is 20.4. The Labute approximate surface area is 174 Å². The van der Waals surface area contributed by atoms with Gasteiger partial charge in [0.05, 0.1) is 0 Å². The zero-order valence-electron chi connectivity index (χ0n) is 16.3. The summed E-state index contributed by atoms with van der Waals surface area (Å²) in [4.78, 5) is 17.1. The van der Waals surface area contributed by atoms with Gasteiger partial charge in [0, 0.05) is 21.8 Å². The van der Waals surface area contributed by atoms with Crippen molar-refractivity contribution in [2.45, 2.75) is 26.2 Å². The highest BCUT2D eigenvalue weighted by atomic mass is 35.5. The first kappa shape index (κ1) is 19.2. The zero-order valence-corrected chi connectivity index (χ0v) is 17.0. The van der Waals surface area contributed by atoms with Crippen LogP contribution < -0.4 is 5.32 Å². The number of halogens is 1. The van der Waals surface area contributed by atoms with Gasteiger partial charge in [0.15, 0.2) is 5.58 Å². The molecule has 0 bridgehead atoms. The van der Waals surface area contributed by atoms with Crippen LogP contribution in [0.5, 0.6) is 0 Å². The van der Waals surface area contributed by atoms with Gasteiger partial charge in [-0.05, 0) is 72.5 Å². The summed E-state index contributed by atoms with van der Waals surface area (Å²) in [6, 6.07) is 20.4. The van der Waals surface area contributed by atoms with E-state index in [2.05, 4.69) is 36.3 Å². The number of hydrogen-bond acceptors (Lipinski definition) is 3. The smallest absolute Gasteiger partial charge is 0.255 e. The number of oxazole rings is 1. The first-order valence-corrected chi connectivity index (χ1v) is 9.99. The minimum atomic E-state index is -0.199. The Kier molecular flexibility index (Phi) is 5.36. The molecule has 0 spiro atoms. The first-order valence-electron chi connectivity index (χ1n) is 9.61. The van der Waals surface area contributed by atoms with Gasteiger partial charge in [-0.25, -0.2) is 4.98 Å². The second kappa shape index (κ2) is 8.10. The van der Waals surface area contributed by atoms with E-state index in [1.54, 1.807) is 24.3 Å². The molecular weight excluding hydrogens is 384 g/mol. The van der Waals surface area contributed by atoms with Crippen molar-refractivity contribution in [2.24, 2.45) is 0 Å². The van der Waals surface area contributed by atoms with E-state index in [1.807, 2.05) is 30.3 Å². The second-order valence-electron chi connectivity index (χ2n) is 7.10. The maximum absolute atomic E-state index is 12.5. The van der Waals surface area contributed by atoms with Crippen molar-refractivity contribution in [1.29, 1.82) is 0 Å². The van der Waals surface area contributed by atoms with Gasteiger partial charge in [0.2, 0.25) is 5.89 Å². The molecule has 0 saturated carbocycles. The quantitative estimate of drug-likeness (QED) is 0.393. The molecule has 1 N–H and O–H groups in total. The van der Waals surface area contributed by atoms with E-state index in [9.17, 15) is 4.79 Å². The molecule has 1 amide bonds. The Bertz CT molecular complexity index is 1170. The van der Waals surface area contributed by atoms with Gasteiger partial charge in [0.25, 0.3) is 5.91 Å². The predicted molar refractivity (Wildman–Crippen MR) is 118 cm³/mol. The van der Waals surface area contributed by atoms with Gasteiger partial charge in [-0.3, -0.25) is 4.79 Å². The van der Waals surface area contributed by atoms with E-state index in [0.29, 0.717) is 28.1 Å². The molecule has 29 heavy (non-hydrogen) atoms. The lowest BCUT2D eigenvalue weighted by Gasteiger charge is -2.07. The minimum absolute atomic E-state index is 0.199. The number of hydrogen-bond donors (Lipinski definition) is 1. The van der Waals surface area contributed by atoms with Crippen molar-refractivity contribution in [3.63, 3.8) is 0 Å². The Morgan fingerprint density at radius 2 is 1.90 bits per heavy atom. The van der Waals surface area contributed by atoms with Gasteiger partial charge < -0.3 is 9.73 Å². The summed E-state index contributed by atoms with van der Waals surface area (Å²) in [5.74, 6) is 0.810. The third-order valence-corrected chi connectivity index (χ3v) is 5.32. The van der Waals surface area contributed by atoms with Crippen LogP contribution in [0.1, 0.15) is 42.1 Å². The Balaban J connectivity index is 1.59. The standard InChI is InChI=1S/C24H21ClN2O2/c1-3-15(2)17-9-12-22-21(14-17)27-24(29-22)18-5-4-6-20(13-18)26-23(28)16-7-10-19(25)11-8-16/h4-15H,3H2,1-2H3,(H,26,28). The second-order valence-corrected chi connectivity index (χ2v) is 7.53. The third-order valence-electron chi connectivity index (χ3n) is 5.07. The third kappa shape index (κ3) is 4.17. The van der Waals surface area contributed by atoms with Crippen LogP contribution in [-0.2, 0) is 0 Å². The molecule has 1 atom stereocenters. The van der Waals surface area contributed by atoms with E-state index in [0.717, 1.165) is 23.1 Å². The van der Waals surface area contributed by atoms with Crippen molar-refractivity contribution in [3.8, 4) is 11.5 Å². The molecule has 1 unspecified atom stereocenters. The topological polar surface area (TPSA) is 55.1 Å². The van der Waals surface area contributed by atoms with Crippen LogP contribution in [0, 0.1) is 0 Å². The fourth-order valence-electron chi connectivity index (χ4n) is 3.14. The molecule has 4 aromatic rings. The van der Waals surface area contributed by atoms with Crippen LogP contribution in [-0.4, -0.2) is 10.9 Å². The Morgan fingerprint density at radius 1 is 1.10 bits per heavy atom. The molecule has 4 nitrogen and oxygen atoms in total. The summed E-state index contributed by atoms with van der Waals surface area (Å²) >= 11 is 5.88. The lowest BCUT2D eigenvalue weighted by Crippen LogP contribution is -2.11. The average Bonchev–Trinajstić information content (AvgIpc) is 3.17. The molecule has 1 heterocycles. The summed E-state index contributed by atoms with van der Waals surface area (Å²) in [5.41, 5.74) is 4.87.